The lowest BCUT2D eigenvalue weighted by Crippen LogP contribution is -2.40. The Morgan fingerprint density at radius 3 is 2.45 bits per heavy atom. The van der Waals surface area contributed by atoms with Gasteiger partial charge < -0.3 is 14.5 Å². The Hall–Kier alpha value is -2.68. The molecule has 0 atom stereocenters. The molecule has 2 heterocycles. The molecule has 152 valence electrons. The van der Waals surface area contributed by atoms with Crippen LogP contribution >= 0.6 is 0 Å². The number of hydrogen-bond acceptors (Lipinski definition) is 5. The summed E-state index contributed by atoms with van der Waals surface area (Å²) >= 11 is 0. The molecule has 0 saturated carbocycles. The fourth-order valence-corrected chi connectivity index (χ4v) is 4.78. The zero-order valence-electron chi connectivity index (χ0n) is 16.1. The van der Waals surface area contributed by atoms with Crippen molar-refractivity contribution >= 4 is 26.9 Å². The quantitative estimate of drug-likeness (QED) is 0.693. The molecule has 1 aromatic heterocycles. The number of nitrogens with one attached hydrogen (secondary N) is 1. The summed E-state index contributed by atoms with van der Waals surface area (Å²) < 4.78 is 37.6. The van der Waals surface area contributed by atoms with E-state index in [2.05, 4.69) is 5.32 Å². The number of carbonyl (C=O) groups is 1. The van der Waals surface area contributed by atoms with Crippen LogP contribution in [0.15, 0.2) is 57.8 Å². The van der Waals surface area contributed by atoms with Gasteiger partial charge in [0.25, 0.3) is 5.91 Å². The second kappa shape index (κ2) is 7.98. The van der Waals surface area contributed by atoms with Gasteiger partial charge in [0.15, 0.2) is 5.76 Å². The van der Waals surface area contributed by atoms with Crippen molar-refractivity contribution in [1.29, 1.82) is 0 Å². The first-order chi connectivity index (χ1) is 14.0. The van der Waals surface area contributed by atoms with Gasteiger partial charge in [0.1, 0.15) is 5.58 Å². The summed E-state index contributed by atoms with van der Waals surface area (Å²) in [6.07, 6.45) is 0. The maximum atomic E-state index is 12.7. The zero-order valence-corrected chi connectivity index (χ0v) is 16.9. The Kier molecular flexibility index (Phi) is 5.40. The molecule has 0 spiro atoms. The molecule has 1 aliphatic rings. The Bertz CT molecular complexity index is 1130. The first-order valence-electron chi connectivity index (χ1n) is 9.40. The highest BCUT2D eigenvalue weighted by Gasteiger charge is 2.26. The van der Waals surface area contributed by atoms with Crippen molar-refractivity contribution in [2.45, 2.75) is 18.4 Å². The fourth-order valence-electron chi connectivity index (χ4n) is 3.37. The molecule has 1 aliphatic heterocycles. The van der Waals surface area contributed by atoms with Gasteiger partial charge in [-0.05, 0) is 30.7 Å². The number of sulfonamides is 1. The van der Waals surface area contributed by atoms with E-state index in [1.807, 2.05) is 31.2 Å². The number of furan rings is 1. The molecule has 2 aromatic carbocycles. The lowest BCUT2D eigenvalue weighted by atomic mass is 10.1. The SMILES string of the molecule is Cc1c(C(=O)NCc2ccc(S(=O)(=O)N3CCOCC3)cc2)oc2ccccc12. The van der Waals surface area contributed by atoms with Crippen LogP contribution in [-0.4, -0.2) is 44.9 Å². The van der Waals surface area contributed by atoms with Crippen LogP contribution in [0.5, 0.6) is 0 Å². The summed E-state index contributed by atoms with van der Waals surface area (Å²) in [4.78, 5) is 12.8. The van der Waals surface area contributed by atoms with Crippen molar-refractivity contribution in [3.8, 4) is 0 Å². The first kappa shape index (κ1) is 19.6. The summed E-state index contributed by atoms with van der Waals surface area (Å²) in [6.45, 7) is 3.66. The van der Waals surface area contributed by atoms with Crippen molar-refractivity contribution < 1.29 is 22.4 Å². The number of morpholine rings is 1. The number of para-hydroxylation sites is 1. The molecule has 0 unspecified atom stereocenters. The van der Waals surface area contributed by atoms with Crippen LogP contribution in [-0.2, 0) is 21.3 Å². The molecule has 1 saturated heterocycles. The van der Waals surface area contributed by atoms with Crippen molar-refractivity contribution in [3.05, 3.63) is 65.4 Å². The minimum Gasteiger partial charge on any atom is -0.451 e. The van der Waals surface area contributed by atoms with Crippen LogP contribution in [0.25, 0.3) is 11.0 Å². The summed E-state index contributed by atoms with van der Waals surface area (Å²) in [6, 6.07) is 14.1. The largest absolute Gasteiger partial charge is 0.451 e. The highest BCUT2D eigenvalue weighted by atomic mass is 32.2. The van der Waals surface area contributed by atoms with E-state index >= 15 is 0 Å². The number of carbonyl (C=O) groups excluding carboxylic acids is 1. The molecule has 0 bridgehead atoms. The van der Waals surface area contributed by atoms with Gasteiger partial charge in [-0.3, -0.25) is 4.79 Å². The number of hydrogen-bond donors (Lipinski definition) is 1. The van der Waals surface area contributed by atoms with E-state index < -0.39 is 10.0 Å². The highest BCUT2D eigenvalue weighted by molar-refractivity contribution is 7.89. The van der Waals surface area contributed by atoms with Gasteiger partial charge in [-0.1, -0.05) is 30.3 Å². The van der Waals surface area contributed by atoms with Crippen LogP contribution in [0, 0.1) is 6.92 Å². The number of rotatable bonds is 5. The summed E-state index contributed by atoms with van der Waals surface area (Å²) in [5.41, 5.74) is 2.27. The Morgan fingerprint density at radius 1 is 1.07 bits per heavy atom. The molecule has 0 radical (unpaired) electrons. The van der Waals surface area contributed by atoms with Crippen LogP contribution < -0.4 is 5.32 Å². The van der Waals surface area contributed by atoms with Gasteiger partial charge in [0.05, 0.1) is 18.1 Å². The van der Waals surface area contributed by atoms with E-state index in [1.54, 1.807) is 24.3 Å². The van der Waals surface area contributed by atoms with E-state index in [1.165, 1.54) is 4.31 Å². The zero-order chi connectivity index (χ0) is 20.4. The maximum absolute atomic E-state index is 12.7. The van der Waals surface area contributed by atoms with Crippen molar-refractivity contribution in [2.75, 3.05) is 26.3 Å². The van der Waals surface area contributed by atoms with E-state index in [-0.39, 0.29) is 23.1 Å². The van der Waals surface area contributed by atoms with Crippen molar-refractivity contribution in [1.82, 2.24) is 9.62 Å². The minimum atomic E-state index is -3.52. The van der Waals surface area contributed by atoms with Gasteiger partial charge in [-0.2, -0.15) is 4.31 Å². The van der Waals surface area contributed by atoms with Crippen molar-refractivity contribution in [3.63, 3.8) is 0 Å². The van der Waals surface area contributed by atoms with Crippen molar-refractivity contribution in [2.24, 2.45) is 0 Å². The number of amides is 1. The lowest BCUT2D eigenvalue weighted by molar-refractivity contribution is 0.0730. The third-order valence-corrected chi connectivity index (χ3v) is 6.95. The van der Waals surface area contributed by atoms with E-state index in [4.69, 9.17) is 9.15 Å². The number of benzene rings is 2. The summed E-state index contributed by atoms with van der Waals surface area (Å²) in [7, 11) is -3.52. The normalized spacial score (nSPS) is 15.5. The van der Waals surface area contributed by atoms with Gasteiger partial charge in [-0.25, -0.2) is 8.42 Å². The number of aryl methyl sites for hydroxylation is 1. The molecule has 29 heavy (non-hydrogen) atoms. The Morgan fingerprint density at radius 2 is 1.76 bits per heavy atom. The predicted octanol–water partition coefficient (Wildman–Crippen LogP) is 2.69. The predicted molar refractivity (Wildman–Crippen MR) is 108 cm³/mol. The third-order valence-electron chi connectivity index (χ3n) is 5.03. The molecule has 4 rings (SSSR count). The molecular weight excluding hydrogens is 392 g/mol. The average molecular weight is 414 g/mol. The van der Waals surface area contributed by atoms with Crippen LogP contribution in [0.1, 0.15) is 21.7 Å². The molecule has 8 heteroatoms. The molecule has 1 amide bonds. The number of fused-ring (bicyclic) bond motifs is 1. The molecule has 3 aromatic rings. The number of ether oxygens (including phenoxy) is 1. The molecule has 0 aliphatic carbocycles. The lowest BCUT2D eigenvalue weighted by Gasteiger charge is -2.26. The fraction of sp³-hybridized carbons (Fsp3) is 0.286. The maximum Gasteiger partial charge on any atom is 0.287 e. The van der Waals surface area contributed by atoms with Gasteiger partial charge in [-0.15, -0.1) is 0 Å². The van der Waals surface area contributed by atoms with Crippen LogP contribution in [0.2, 0.25) is 0 Å². The van der Waals surface area contributed by atoms with Crippen LogP contribution in [0.4, 0.5) is 0 Å². The second-order valence-corrected chi connectivity index (χ2v) is 8.83. The summed E-state index contributed by atoms with van der Waals surface area (Å²) in [5, 5.41) is 3.74. The van der Waals surface area contributed by atoms with Gasteiger partial charge >= 0.3 is 0 Å². The Labute approximate surface area is 169 Å². The average Bonchev–Trinajstić information content (AvgIpc) is 3.10. The van der Waals surface area contributed by atoms with E-state index in [0.717, 1.165) is 16.5 Å². The Balaban J connectivity index is 1.43. The molecule has 7 nitrogen and oxygen atoms in total. The minimum absolute atomic E-state index is 0.239. The monoisotopic (exact) mass is 414 g/mol. The number of nitrogens with zero attached hydrogens (tertiary/aromatic N) is 1. The molecule has 1 fully saturated rings. The topological polar surface area (TPSA) is 88.9 Å². The highest BCUT2D eigenvalue weighted by Crippen LogP contribution is 2.25. The molecule has 1 N–H and O–H groups in total. The third kappa shape index (κ3) is 3.91. The standard InChI is InChI=1S/C21H22N2O5S/c1-15-18-4-2-3-5-19(18)28-20(15)21(24)22-14-16-6-8-17(9-7-16)29(25,26)23-10-12-27-13-11-23/h2-9H,10-14H2,1H3,(H,22,24). The van der Waals surface area contributed by atoms with E-state index in [9.17, 15) is 13.2 Å². The van der Waals surface area contributed by atoms with Crippen LogP contribution in [0.3, 0.4) is 0 Å². The van der Waals surface area contributed by atoms with E-state index in [0.29, 0.717) is 31.9 Å². The van der Waals surface area contributed by atoms with Gasteiger partial charge in [0, 0.05) is 30.6 Å². The van der Waals surface area contributed by atoms with Gasteiger partial charge in [0.2, 0.25) is 10.0 Å². The summed E-state index contributed by atoms with van der Waals surface area (Å²) in [5.74, 6) is -0.0126. The first-order valence-corrected chi connectivity index (χ1v) is 10.8. The second-order valence-electron chi connectivity index (χ2n) is 6.90. The molecular formula is C21H22N2O5S. The smallest absolute Gasteiger partial charge is 0.287 e.